The molecule has 9 rings (SSSR count). The average molecular weight is 748 g/mol. The fraction of sp³-hybridized carbons (Fsp3) is 0. The Labute approximate surface area is 340 Å². The number of rotatable bonds is 12. The third-order valence-electron chi connectivity index (χ3n) is 10.1. The number of anilines is 7. The molecule has 0 radical (unpaired) electrons. The minimum Gasteiger partial charge on any atom is -0.455 e. The van der Waals surface area contributed by atoms with Gasteiger partial charge in [0.1, 0.15) is 5.75 Å². The lowest BCUT2D eigenvalue weighted by Crippen LogP contribution is -2.10. The minimum absolute atomic E-state index is 0.763. The summed E-state index contributed by atoms with van der Waals surface area (Å²) in [4.78, 5) is 2.33. The molecule has 0 aliphatic rings. The first-order valence-electron chi connectivity index (χ1n) is 19.5. The maximum atomic E-state index is 6.18. The standard InChI is InChI=1S/C54H41N3O/c1-4-15-40(16-5-1)42-27-35-47(36-28-42)57(48-37-29-43(30-38-48)41-17-6-2-7-18-41)49-20-14-19-44(39-49)51-23-10-11-24-52(51)55-45-31-33-46(34-32-45)56-53-25-12-13-26-54(53)58-50-21-8-3-9-22-50/h1-39,55-56H. The van der Waals surface area contributed by atoms with E-state index in [-0.39, 0.29) is 0 Å². The lowest BCUT2D eigenvalue weighted by molar-refractivity contribution is 0.485. The molecule has 0 saturated heterocycles. The Bertz CT molecular complexity index is 2630. The SMILES string of the molecule is c1ccc(Oc2ccccc2Nc2ccc(Nc3ccccc3-c3cccc(N(c4ccc(-c5ccccc5)cc4)c4ccc(-c5ccccc5)cc4)c3)cc2)cc1. The van der Waals surface area contributed by atoms with Crippen LogP contribution in [-0.2, 0) is 0 Å². The van der Waals surface area contributed by atoms with Crippen molar-refractivity contribution < 1.29 is 4.74 Å². The van der Waals surface area contributed by atoms with Gasteiger partial charge in [0.15, 0.2) is 5.75 Å². The molecule has 9 aromatic carbocycles. The molecule has 58 heavy (non-hydrogen) atoms. The highest BCUT2D eigenvalue weighted by Gasteiger charge is 2.16. The summed E-state index contributed by atoms with van der Waals surface area (Å²) in [5.41, 5.74) is 14.1. The first kappa shape index (κ1) is 35.9. The summed E-state index contributed by atoms with van der Waals surface area (Å²) in [6.45, 7) is 0. The number of ether oxygens (including phenoxy) is 1. The van der Waals surface area contributed by atoms with Crippen LogP contribution in [0, 0.1) is 0 Å². The summed E-state index contributed by atoms with van der Waals surface area (Å²) in [5, 5.41) is 7.23. The van der Waals surface area contributed by atoms with Gasteiger partial charge < -0.3 is 20.3 Å². The zero-order valence-corrected chi connectivity index (χ0v) is 31.9. The molecular formula is C54H41N3O. The number of nitrogens with one attached hydrogen (secondary N) is 2. The van der Waals surface area contributed by atoms with Gasteiger partial charge in [0.2, 0.25) is 0 Å². The van der Waals surface area contributed by atoms with Crippen LogP contribution in [0.15, 0.2) is 237 Å². The zero-order chi connectivity index (χ0) is 38.9. The van der Waals surface area contributed by atoms with E-state index >= 15 is 0 Å². The molecule has 0 saturated carbocycles. The Morgan fingerprint density at radius 1 is 0.310 bits per heavy atom. The van der Waals surface area contributed by atoms with Crippen LogP contribution in [0.25, 0.3) is 33.4 Å². The molecule has 0 aliphatic heterocycles. The molecule has 0 atom stereocenters. The second-order valence-electron chi connectivity index (χ2n) is 14.0. The molecule has 0 bridgehead atoms. The molecule has 0 amide bonds. The van der Waals surface area contributed by atoms with E-state index in [2.05, 4.69) is 198 Å². The van der Waals surface area contributed by atoms with E-state index in [1.807, 2.05) is 54.6 Å². The van der Waals surface area contributed by atoms with Crippen molar-refractivity contribution in [2.24, 2.45) is 0 Å². The lowest BCUT2D eigenvalue weighted by Gasteiger charge is -2.26. The van der Waals surface area contributed by atoms with Crippen LogP contribution in [0.1, 0.15) is 0 Å². The zero-order valence-electron chi connectivity index (χ0n) is 31.9. The van der Waals surface area contributed by atoms with E-state index in [0.717, 1.165) is 62.4 Å². The van der Waals surface area contributed by atoms with Gasteiger partial charge in [-0.05, 0) is 119 Å². The van der Waals surface area contributed by atoms with E-state index in [1.54, 1.807) is 0 Å². The van der Waals surface area contributed by atoms with Gasteiger partial charge in [-0.3, -0.25) is 0 Å². The highest BCUT2D eigenvalue weighted by Crippen LogP contribution is 2.40. The van der Waals surface area contributed by atoms with Gasteiger partial charge in [-0.15, -0.1) is 0 Å². The summed E-state index contributed by atoms with van der Waals surface area (Å²) >= 11 is 0. The van der Waals surface area contributed by atoms with Crippen LogP contribution in [0.4, 0.5) is 39.8 Å². The Balaban J connectivity index is 0.992. The average Bonchev–Trinajstić information content (AvgIpc) is 3.29. The fourth-order valence-corrected chi connectivity index (χ4v) is 7.19. The largest absolute Gasteiger partial charge is 0.455 e. The predicted octanol–water partition coefficient (Wildman–Crippen LogP) is 15.4. The van der Waals surface area contributed by atoms with E-state index in [0.29, 0.717) is 0 Å². The number of nitrogens with zero attached hydrogens (tertiary/aromatic N) is 1. The van der Waals surface area contributed by atoms with Crippen molar-refractivity contribution >= 4 is 39.8 Å². The molecule has 9 aromatic rings. The number of hydrogen-bond donors (Lipinski definition) is 2. The summed E-state index contributed by atoms with van der Waals surface area (Å²) in [6.07, 6.45) is 0. The summed E-state index contributed by atoms with van der Waals surface area (Å²) in [5.74, 6) is 1.56. The van der Waals surface area contributed by atoms with Crippen molar-refractivity contribution in [2.75, 3.05) is 15.5 Å². The predicted molar refractivity (Wildman–Crippen MR) is 243 cm³/mol. The van der Waals surface area contributed by atoms with Crippen LogP contribution in [0.3, 0.4) is 0 Å². The van der Waals surface area contributed by atoms with Gasteiger partial charge in [-0.25, -0.2) is 0 Å². The lowest BCUT2D eigenvalue weighted by atomic mass is 10.0. The molecule has 0 aliphatic carbocycles. The molecule has 4 heteroatoms. The Morgan fingerprint density at radius 3 is 1.34 bits per heavy atom. The second kappa shape index (κ2) is 16.9. The molecule has 0 aromatic heterocycles. The highest BCUT2D eigenvalue weighted by atomic mass is 16.5. The van der Waals surface area contributed by atoms with Gasteiger partial charge in [-0.1, -0.05) is 146 Å². The molecule has 4 nitrogen and oxygen atoms in total. The molecule has 0 unspecified atom stereocenters. The van der Waals surface area contributed by atoms with Crippen molar-refractivity contribution in [3.8, 4) is 44.9 Å². The maximum Gasteiger partial charge on any atom is 0.150 e. The Morgan fingerprint density at radius 2 is 0.759 bits per heavy atom. The minimum atomic E-state index is 0.763. The molecule has 0 heterocycles. The summed E-state index contributed by atoms with van der Waals surface area (Å²) in [6, 6.07) is 82.1. The maximum absolute atomic E-state index is 6.18. The number of benzene rings is 9. The van der Waals surface area contributed by atoms with Gasteiger partial charge in [0.05, 0.1) is 5.69 Å². The van der Waals surface area contributed by atoms with E-state index in [9.17, 15) is 0 Å². The van der Waals surface area contributed by atoms with Crippen molar-refractivity contribution in [3.05, 3.63) is 237 Å². The van der Waals surface area contributed by atoms with Crippen LogP contribution >= 0.6 is 0 Å². The van der Waals surface area contributed by atoms with E-state index < -0.39 is 0 Å². The van der Waals surface area contributed by atoms with Crippen LogP contribution < -0.4 is 20.3 Å². The summed E-state index contributed by atoms with van der Waals surface area (Å²) < 4.78 is 6.18. The molecule has 278 valence electrons. The second-order valence-corrected chi connectivity index (χ2v) is 14.0. The van der Waals surface area contributed by atoms with Crippen LogP contribution in [0.5, 0.6) is 11.5 Å². The third kappa shape index (κ3) is 8.23. The highest BCUT2D eigenvalue weighted by molar-refractivity contribution is 5.86. The quantitative estimate of drug-likeness (QED) is 0.130. The smallest absolute Gasteiger partial charge is 0.150 e. The van der Waals surface area contributed by atoms with Crippen molar-refractivity contribution in [1.29, 1.82) is 0 Å². The van der Waals surface area contributed by atoms with Gasteiger partial charge in [-0.2, -0.15) is 0 Å². The molecule has 0 spiro atoms. The Kier molecular flexibility index (Phi) is 10.5. The summed E-state index contributed by atoms with van der Waals surface area (Å²) in [7, 11) is 0. The van der Waals surface area contributed by atoms with Gasteiger partial charge in [0, 0.05) is 39.7 Å². The van der Waals surface area contributed by atoms with Crippen molar-refractivity contribution in [2.45, 2.75) is 0 Å². The van der Waals surface area contributed by atoms with E-state index in [4.69, 9.17) is 4.74 Å². The van der Waals surface area contributed by atoms with E-state index in [1.165, 1.54) is 22.3 Å². The number of para-hydroxylation sites is 4. The molecule has 0 fully saturated rings. The van der Waals surface area contributed by atoms with Gasteiger partial charge in [0.25, 0.3) is 0 Å². The normalized spacial score (nSPS) is 10.8. The first-order valence-corrected chi connectivity index (χ1v) is 19.5. The van der Waals surface area contributed by atoms with Crippen molar-refractivity contribution in [3.63, 3.8) is 0 Å². The Hall–Kier alpha value is -7.82. The third-order valence-corrected chi connectivity index (χ3v) is 10.1. The fourth-order valence-electron chi connectivity index (χ4n) is 7.19. The number of hydrogen-bond acceptors (Lipinski definition) is 4. The first-order chi connectivity index (χ1) is 28.7. The van der Waals surface area contributed by atoms with Crippen molar-refractivity contribution in [1.82, 2.24) is 0 Å². The monoisotopic (exact) mass is 747 g/mol. The molecular weight excluding hydrogens is 707 g/mol. The molecule has 2 N–H and O–H groups in total. The topological polar surface area (TPSA) is 36.5 Å². The van der Waals surface area contributed by atoms with Gasteiger partial charge >= 0.3 is 0 Å². The van der Waals surface area contributed by atoms with Crippen LogP contribution in [0.2, 0.25) is 0 Å². The van der Waals surface area contributed by atoms with Crippen LogP contribution in [-0.4, -0.2) is 0 Å².